The number of nitriles is 2. The Hall–Kier alpha value is -12.0. The van der Waals surface area contributed by atoms with E-state index in [9.17, 15) is 10.5 Å². The van der Waals surface area contributed by atoms with Gasteiger partial charge < -0.3 is 18.3 Å². The predicted octanol–water partition coefficient (Wildman–Crippen LogP) is 20.6. The molecule has 396 valence electrons. The van der Waals surface area contributed by atoms with Gasteiger partial charge in [0.1, 0.15) is 0 Å². The quantitative estimate of drug-likeness (QED) is 0.156. The maximum atomic E-state index is 9.52. The molecule has 0 unspecified atom stereocenters. The van der Waals surface area contributed by atoms with Crippen molar-refractivity contribution < 1.29 is 0 Å². The number of para-hydroxylation sites is 4. The molecule has 86 heavy (non-hydrogen) atoms. The second-order valence-electron chi connectivity index (χ2n) is 22.7. The third kappa shape index (κ3) is 6.93. The van der Waals surface area contributed by atoms with Gasteiger partial charge in [-0.05, 0) is 200 Å². The summed E-state index contributed by atoms with van der Waals surface area (Å²) in [6.45, 7) is 0. The van der Waals surface area contributed by atoms with Crippen LogP contribution in [0.15, 0.2) is 279 Å². The van der Waals surface area contributed by atoms with Crippen molar-refractivity contribution in [2.45, 2.75) is 0 Å². The molecule has 0 saturated heterocycles. The van der Waals surface area contributed by atoms with Gasteiger partial charge in [-0.25, -0.2) is 0 Å². The minimum absolute atomic E-state index is 0.648. The molecule has 0 saturated carbocycles. The maximum Gasteiger partial charge on any atom is 0.0991 e. The summed E-state index contributed by atoms with van der Waals surface area (Å²) in [5.41, 5.74) is 19.4. The van der Waals surface area contributed by atoms with Gasteiger partial charge in [0.05, 0.1) is 67.4 Å². The Labute approximate surface area is 492 Å². The standard InChI is InChI=1S/C80H46N6/c81-47-49-21-29-55(30-22-49)83-73-17-7-3-13-63(73)69-41-51(25-37-77(69)83)53-27-39-79-71(43-53)65-15-5-9-19-75(65)85(79)57-33-35-61-62-36-34-58(46-68(62)60-12-2-1-11-59(60)67(61)45-57)86-76-20-10-6-16-66(76)72-44-54(28-40-80(72)86)52-26-38-78-70(42-52)64-14-4-8-18-74(64)84(78)56-31-23-50(48-82)24-32-56/h1-46H. The molecule has 0 radical (unpaired) electrons. The molecule has 0 atom stereocenters. The topological polar surface area (TPSA) is 67.3 Å². The second kappa shape index (κ2) is 18.3. The summed E-state index contributed by atoms with van der Waals surface area (Å²) >= 11 is 0. The van der Waals surface area contributed by atoms with E-state index in [2.05, 4.69) is 261 Å². The van der Waals surface area contributed by atoms with Crippen molar-refractivity contribution in [2.24, 2.45) is 0 Å². The molecule has 0 fully saturated rings. The van der Waals surface area contributed by atoms with Crippen molar-refractivity contribution in [3.8, 4) is 57.1 Å². The lowest BCUT2D eigenvalue weighted by Gasteiger charge is -2.16. The molecular weight excluding hydrogens is 1040 g/mol. The molecule has 0 aliphatic rings. The van der Waals surface area contributed by atoms with Crippen LogP contribution in [0.3, 0.4) is 0 Å². The van der Waals surface area contributed by atoms with Gasteiger partial charge in [-0.1, -0.05) is 133 Å². The normalized spacial score (nSPS) is 11.9. The molecule has 0 bridgehead atoms. The summed E-state index contributed by atoms with van der Waals surface area (Å²) in [7, 11) is 0. The smallest absolute Gasteiger partial charge is 0.0991 e. The molecule has 18 rings (SSSR count). The molecule has 0 spiro atoms. The highest BCUT2D eigenvalue weighted by Crippen LogP contribution is 2.44. The van der Waals surface area contributed by atoms with Gasteiger partial charge in [-0.2, -0.15) is 10.5 Å². The summed E-state index contributed by atoms with van der Waals surface area (Å²) in [6, 6.07) is 106. The number of hydrogen-bond acceptors (Lipinski definition) is 2. The third-order valence-corrected chi connectivity index (χ3v) is 18.2. The van der Waals surface area contributed by atoms with Crippen LogP contribution in [0.4, 0.5) is 0 Å². The molecule has 0 aliphatic heterocycles. The van der Waals surface area contributed by atoms with E-state index in [1.165, 1.54) is 86.4 Å². The van der Waals surface area contributed by atoms with Crippen molar-refractivity contribution >= 4 is 120 Å². The fourth-order valence-electron chi connectivity index (χ4n) is 14.3. The van der Waals surface area contributed by atoms with E-state index < -0.39 is 0 Å². The third-order valence-electron chi connectivity index (χ3n) is 18.2. The zero-order chi connectivity index (χ0) is 56.7. The van der Waals surface area contributed by atoms with Crippen LogP contribution in [0.5, 0.6) is 0 Å². The van der Waals surface area contributed by atoms with Crippen LogP contribution in [0, 0.1) is 22.7 Å². The number of hydrogen-bond donors (Lipinski definition) is 0. The molecule has 6 heteroatoms. The molecule has 18 aromatic rings. The number of rotatable bonds is 6. The predicted molar refractivity (Wildman–Crippen MR) is 357 cm³/mol. The molecule has 0 aliphatic carbocycles. The second-order valence-corrected chi connectivity index (χ2v) is 22.7. The van der Waals surface area contributed by atoms with Crippen molar-refractivity contribution in [1.82, 2.24) is 18.3 Å². The summed E-state index contributed by atoms with van der Waals surface area (Å²) < 4.78 is 9.47. The van der Waals surface area contributed by atoms with Crippen molar-refractivity contribution in [1.29, 1.82) is 10.5 Å². The molecule has 4 heterocycles. The van der Waals surface area contributed by atoms with E-state index in [-0.39, 0.29) is 0 Å². The van der Waals surface area contributed by atoms with Gasteiger partial charge in [0.2, 0.25) is 0 Å². The minimum atomic E-state index is 0.648. The van der Waals surface area contributed by atoms with E-state index >= 15 is 0 Å². The maximum absolute atomic E-state index is 9.52. The summed E-state index contributed by atoms with van der Waals surface area (Å²) in [6.07, 6.45) is 0. The van der Waals surface area contributed by atoms with Gasteiger partial charge >= 0.3 is 0 Å². The van der Waals surface area contributed by atoms with Gasteiger partial charge in [0.25, 0.3) is 0 Å². The first-order chi connectivity index (χ1) is 42.5. The fraction of sp³-hybridized carbons (Fsp3) is 0. The molecule has 0 amide bonds. The largest absolute Gasteiger partial charge is 0.309 e. The number of benzene rings is 14. The van der Waals surface area contributed by atoms with E-state index in [0.29, 0.717) is 11.1 Å². The monoisotopic (exact) mass is 1090 g/mol. The highest BCUT2D eigenvalue weighted by molar-refractivity contribution is 6.26. The average molecular weight is 1090 g/mol. The Morgan fingerprint density at radius 1 is 0.186 bits per heavy atom. The molecular formula is C80H46N6. The van der Waals surface area contributed by atoms with Crippen LogP contribution >= 0.6 is 0 Å². The Morgan fingerprint density at radius 2 is 0.430 bits per heavy atom. The Morgan fingerprint density at radius 3 is 0.733 bits per heavy atom. The van der Waals surface area contributed by atoms with Gasteiger partial charge in [0, 0.05) is 65.8 Å². The lowest BCUT2D eigenvalue weighted by atomic mass is 9.93. The molecule has 6 nitrogen and oxygen atoms in total. The lowest BCUT2D eigenvalue weighted by molar-refractivity contribution is 1.18. The first kappa shape index (κ1) is 47.7. The van der Waals surface area contributed by atoms with Crippen LogP contribution in [0.2, 0.25) is 0 Å². The van der Waals surface area contributed by atoms with Gasteiger partial charge in [-0.3, -0.25) is 0 Å². The van der Waals surface area contributed by atoms with Crippen LogP contribution in [-0.2, 0) is 0 Å². The van der Waals surface area contributed by atoms with Crippen LogP contribution < -0.4 is 0 Å². The zero-order valence-electron chi connectivity index (χ0n) is 46.2. The van der Waals surface area contributed by atoms with E-state index in [1.54, 1.807) is 0 Å². The first-order valence-corrected chi connectivity index (χ1v) is 29.1. The van der Waals surface area contributed by atoms with E-state index in [1.807, 2.05) is 48.5 Å². The van der Waals surface area contributed by atoms with E-state index in [4.69, 9.17) is 0 Å². The fourth-order valence-corrected chi connectivity index (χ4v) is 14.3. The SMILES string of the molecule is N#Cc1ccc(-n2c3ccccc3c3cc(-c4ccc5c(c4)c4ccccc4n5-c4ccc5c6ccc(-n7c8ccccc8c8cc(-c9ccc%10c(c9)c9ccccc9n%10-c9ccc(C#N)cc9)ccc87)cc6c6ccccc6c5c4)ccc32)cc1. The first-order valence-electron chi connectivity index (χ1n) is 29.1. The highest BCUT2D eigenvalue weighted by Gasteiger charge is 2.21. The van der Waals surface area contributed by atoms with E-state index in [0.717, 1.165) is 78.1 Å². The zero-order valence-corrected chi connectivity index (χ0v) is 46.2. The van der Waals surface area contributed by atoms with Crippen molar-refractivity contribution in [3.05, 3.63) is 290 Å². The summed E-state index contributed by atoms with van der Waals surface area (Å²) in [5.74, 6) is 0. The average Bonchev–Trinajstić information content (AvgIpc) is 1.56. The van der Waals surface area contributed by atoms with Crippen molar-refractivity contribution in [3.63, 3.8) is 0 Å². The minimum Gasteiger partial charge on any atom is -0.309 e. The van der Waals surface area contributed by atoms with Crippen LogP contribution in [0.25, 0.3) is 165 Å². The molecule has 4 aromatic heterocycles. The Balaban J connectivity index is 0.738. The van der Waals surface area contributed by atoms with Crippen LogP contribution in [0.1, 0.15) is 11.1 Å². The van der Waals surface area contributed by atoms with Gasteiger partial charge in [0.15, 0.2) is 0 Å². The molecule has 0 N–H and O–H groups in total. The Bertz CT molecular complexity index is 5640. The van der Waals surface area contributed by atoms with Crippen LogP contribution in [-0.4, -0.2) is 18.3 Å². The van der Waals surface area contributed by atoms with Gasteiger partial charge in [-0.15, -0.1) is 0 Å². The molecule has 14 aromatic carbocycles. The number of aromatic nitrogens is 4. The Kier molecular flexibility index (Phi) is 10.1. The highest BCUT2D eigenvalue weighted by atomic mass is 15.0. The summed E-state index contributed by atoms with van der Waals surface area (Å²) in [4.78, 5) is 0. The van der Waals surface area contributed by atoms with Crippen molar-refractivity contribution in [2.75, 3.05) is 0 Å². The number of nitrogens with zero attached hydrogens (tertiary/aromatic N) is 6. The summed E-state index contributed by atoms with van der Waals surface area (Å²) in [5, 5.41) is 35.9. The lowest BCUT2D eigenvalue weighted by Crippen LogP contribution is -1.96. The number of fused-ring (bicyclic) bond motifs is 18.